The van der Waals surface area contributed by atoms with Crippen LogP contribution in [0, 0.1) is 0 Å². The molecule has 0 aliphatic rings. The van der Waals surface area contributed by atoms with Gasteiger partial charge in [0.05, 0.1) is 24.9 Å². The molecule has 0 atom stereocenters. The molecule has 4 aromatic rings. The molecule has 0 N–H and O–H groups in total. The van der Waals surface area contributed by atoms with Gasteiger partial charge >= 0.3 is 0 Å². The van der Waals surface area contributed by atoms with Crippen LogP contribution in [0.1, 0.15) is 0 Å². The molecule has 0 radical (unpaired) electrons. The van der Waals surface area contributed by atoms with Crippen molar-refractivity contribution in [1.82, 2.24) is 9.55 Å². The highest BCUT2D eigenvalue weighted by molar-refractivity contribution is 7.98. The smallest absolute Gasteiger partial charge is 0.275 e. The first-order chi connectivity index (χ1) is 14.6. The number of halogens is 1. The first-order valence-electron chi connectivity index (χ1n) is 9.18. The summed E-state index contributed by atoms with van der Waals surface area (Å²) in [6.07, 6.45) is 3.58. The van der Waals surface area contributed by atoms with Crippen molar-refractivity contribution in [3.05, 3.63) is 70.2 Å². The SMILES string of the molecule is COc1cc(-n2cnc3cc(-c4ccc(Cl)cc4)sc3c2=O)ccc1OCCSC. The standard InChI is InChI=1S/C22H19ClN2O3S2/c1-27-19-11-16(7-8-18(19)28-9-10-29-2)25-13-24-17-12-20(30-21(17)22(25)26)14-3-5-15(23)6-4-14/h3-8,11-13H,9-10H2,1-2H3. The van der Waals surface area contributed by atoms with Crippen LogP contribution in [-0.4, -0.2) is 35.3 Å². The zero-order valence-corrected chi connectivity index (χ0v) is 18.8. The molecule has 2 heterocycles. The number of thioether (sulfide) groups is 1. The lowest BCUT2D eigenvalue weighted by Gasteiger charge is -2.12. The zero-order chi connectivity index (χ0) is 21.1. The maximum absolute atomic E-state index is 13.2. The maximum atomic E-state index is 13.2. The molecule has 0 saturated carbocycles. The van der Waals surface area contributed by atoms with Crippen LogP contribution in [0.15, 0.2) is 59.7 Å². The minimum atomic E-state index is -0.122. The molecule has 2 aromatic heterocycles. The predicted molar refractivity (Wildman–Crippen MR) is 126 cm³/mol. The molecule has 0 aliphatic heterocycles. The van der Waals surface area contributed by atoms with Crippen molar-refractivity contribution in [1.29, 1.82) is 0 Å². The molecular formula is C22H19ClN2O3S2. The van der Waals surface area contributed by atoms with E-state index in [1.54, 1.807) is 31.3 Å². The van der Waals surface area contributed by atoms with Crippen molar-refractivity contribution in [2.45, 2.75) is 0 Å². The van der Waals surface area contributed by atoms with Crippen LogP contribution in [0.5, 0.6) is 11.5 Å². The van der Waals surface area contributed by atoms with E-state index < -0.39 is 0 Å². The summed E-state index contributed by atoms with van der Waals surface area (Å²) in [5.74, 6) is 2.12. The molecule has 0 saturated heterocycles. The van der Waals surface area contributed by atoms with Gasteiger partial charge in [-0.05, 0) is 42.2 Å². The van der Waals surface area contributed by atoms with Gasteiger partial charge < -0.3 is 9.47 Å². The summed E-state index contributed by atoms with van der Waals surface area (Å²) in [7, 11) is 1.59. The Bertz CT molecular complexity index is 1240. The van der Waals surface area contributed by atoms with Crippen molar-refractivity contribution in [3.8, 4) is 27.6 Å². The Morgan fingerprint density at radius 3 is 2.67 bits per heavy atom. The Morgan fingerprint density at radius 1 is 1.13 bits per heavy atom. The van der Waals surface area contributed by atoms with Crippen LogP contribution in [0.3, 0.4) is 0 Å². The van der Waals surface area contributed by atoms with Gasteiger partial charge in [0.1, 0.15) is 11.0 Å². The fraction of sp³-hybridized carbons (Fsp3) is 0.182. The molecule has 0 aliphatic carbocycles. The fourth-order valence-electron chi connectivity index (χ4n) is 3.01. The average Bonchev–Trinajstić information content (AvgIpc) is 3.20. The van der Waals surface area contributed by atoms with Gasteiger partial charge in [-0.1, -0.05) is 23.7 Å². The number of benzene rings is 2. The van der Waals surface area contributed by atoms with Crippen LogP contribution < -0.4 is 15.0 Å². The number of aromatic nitrogens is 2. The Kier molecular flexibility index (Phi) is 6.32. The van der Waals surface area contributed by atoms with E-state index in [-0.39, 0.29) is 5.56 Å². The molecule has 30 heavy (non-hydrogen) atoms. The largest absolute Gasteiger partial charge is 0.493 e. The number of methoxy groups -OCH3 is 1. The summed E-state index contributed by atoms with van der Waals surface area (Å²) >= 11 is 9.12. The highest BCUT2D eigenvalue weighted by atomic mass is 35.5. The third-order valence-electron chi connectivity index (χ3n) is 4.54. The molecule has 0 unspecified atom stereocenters. The van der Waals surface area contributed by atoms with Gasteiger partial charge in [-0.3, -0.25) is 9.36 Å². The topological polar surface area (TPSA) is 53.4 Å². The van der Waals surface area contributed by atoms with Crippen molar-refractivity contribution in [2.24, 2.45) is 0 Å². The molecule has 8 heteroatoms. The first kappa shape index (κ1) is 20.8. The number of hydrogen-bond donors (Lipinski definition) is 0. The van der Waals surface area contributed by atoms with Crippen molar-refractivity contribution >= 4 is 44.9 Å². The fourth-order valence-corrected chi connectivity index (χ4v) is 4.44. The number of rotatable bonds is 7. The van der Waals surface area contributed by atoms with Crippen molar-refractivity contribution < 1.29 is 9.47 Å². The summed E-state index contributed by atoms with van der Waals surface area (Å²) in [5.41, 5.74) is 2.23. The van der Waals surface area contributed by atoms with Crippen LogP contribution in [-0.2, 0) is 0 Å². The van der Waals surface area contributed by atoms with Gasteiger partial charge in [0, 0.05) is 21.7 Å². The third kappa shape index (κ3) is 4.19. The number of thiophene rings is 1. The Hall–Kier alpha value is -2.48. The van der Waals surface area contributed by atoms with Gasteiger partial charge in [0.25, 0.3) is 5.56 Å². The summed E-state index contributed by atoms with van der Waals surface area (Å²) < 4.78 is 13.4. The predicted octanol–water partition coefficient (Wildman–Crippen LogP) is 5.52. The quantitative estimate of drug-likeness (QED) is 0.341. The van der Waals surface area contributed by atoms with E-state index in [1.807, 2.05) is 48.7 Å². The van der Waals surface area contributed by atoms with Gasteiger partial charge in [-0.25, -0.2) is 4.98 Å². The van der Waals surface area contributed by atoms with Gasteiger partial charge in [0.2, 0.25) is 0 Å². The number of fused-ring (bicyclic) bond motifs is 1. The van der Waals surface area contributed by atoms with E-state index in [4.69, 9.17) is 21.1 Å². The molecule has 2 aromatic carbocycles. The third-order valence-corrected chi connectivity index (χ3v) is 6.53. The number of nitrogens with zero attached hydrogens (tertiary/aromatic N) is 2. The monoisotopic (exact) mass is 458 g/mol. The maximum Gasteiger partial charge on any atom is 0.275 e. The molecular weight excluding hydrogens is 440 g/mol. The van der Waals surface area contributed by atoms with E-state index >= 15 is 0 Å². The second kappa shape index (κ2) is 9.12. The van der Waals surface area contributed by atoms with Crippen LogP contribution in [0.4, 0.5) is 0 Å². The Balaban J connectivity index is 1.71. The second-order valence-corrected chi connectivity index (χ2v) is 8.90. The number of ether oxygens (including phenoxy) is 2. The summed E-state index contributed by atoms with van der Waals surface area (Å²) in [6.45, 7) is 0.590. The normalized spacial score (nSPS) is 11.0. The molecule has 4 rings (SSSR count). The van der Waals surface area contributed by atoms with E-state index in [0.717, 1.165) is 16.2 Å². The van der Waals surface area contributed by atoms with Crippen LogP contribution in [0.25, 0.3) is 26.3 Å². The highest BCUT2D eigenvalue weighted by Crippen LogP contribution is 2.33. The van der Waals surface area contributed by atoms with Gasteiger partial charge in [0.15, 0.2) is 11.5 Å². The van der Waals surface area contributed by atoms with E-state index in [2.05, 4.69) is 4.98 Å². The molecule has 154 valence electrons. The summed E-state index contributed by atoms with van der Waals surface area (Å²) in [5, 5.41) is 0.676. The van der Waals surface area contributed by atoms with E-state index in [0.29, 0.717) is 39.0 Å². The number of hydrogen-bond acceptors (Lipinski definition) is 6. The Labute approximate surface area is 187 Å². The highest BCUT2D eigenvalue weighted by Gasteiger charge is 2.13. The summed E-state index contributed by atoms with van der Waals surface area (Å²) in [6, 6.07) is 14.9. The van der Waals surface area contributed by atoms with Crippen molar-refractivity contribution in [2.75, 3.05) is 25.7 Å². The average molecular weight is 459 g/mol. The van der Waals surface area contributed by atoms with E-state index in [9.17, 15) is 4.79 Å². The van der Waals surface area contributed by atoms with Gasteiger partial charge in [-0.2, -0.15) is 11.8 Å². The second-order valence-electron chi connectivity index (χ2n) is 6.43. The molecule has 5 nitrogen and oxygen atoms in total. The van der Waals surface area contributed by atoms with Crippen LogP contribution in [0.2, 0.25) is 5.02 Å². The summed E-state index contributed by atoms with van der Waals surface area (Å²) in [4.78, 5) is 18.6. The Morgan fingerprint density at radius 2 is 1.93 bits per heavy atom. The first-order valence-corrected chi connectivity index (χ1v) is 11.8. The zero-order valence-electron chi connectivity index (χ0n) is 16.4. The molecule has 0 bridgehead atoms. The van der Waals surface area contributed by atoms with E-state index in [1.165, 1.54) is 15.9 Å². The molecule has 0 amide bonds. The van der Waals surface area contributed by atoms with Crippen LogP contribution >= 0.6 is 34.7 Å². The van der Waals surface area contributed by atoms with Crippen molar-refractivity contribution in [3.63, 3.8) is 0 Å². The lowest BCUT2D eigenvalue weighted by Crippen LogP contribution is -2.17. The lowest BCUT2D eigenvalue weighted by molar-refractivity contribution is 0.313. The van der Waals surface area contributed by atoms with Gasteiger partial charge in [-0.15, -0.1) is 11.3 Å². The molecule has 0 spiro atoms. The minimum Gasteiger partial charge on any atom is -0.493 e. The minimum absolute atomic E-state index is 0.122. The lowest BCUT2D eigenvalue weighted by atomic mass is 10.2. The molecule has 0 fully saturated rings.